The number of nitrogens with one attached hydrogen (secondary N) is 1. The summed E-state index contributed by atoms with van der Waals surface area (Å²) in [5, 5.41) is 12.6. The van der Waals surface area contributed by atoms with E-state index in [4.69, 9.17) is 9.47 Å². The smallest absolute Gasteiger partial charge is 0.265 e. The number of morpholine rings is 1. The summed E-state index contributed by atoms with van der Waals surface area (Å²) in [6, 6.07) is 12.0. The molecule has 1 fully saturated rings. The van der Waals surface area contributed by atoms with Gasteiger partial charge in [0.15, 0.2) is 6.61 Å². The Bertz CT molecular complexity index is 923. The zero-order chi connectivity index (χ0) is 21.3. The highest BCUT2D eigenvalue weighted by Gasteiger charge is 2.26. The van der Waals surface area contributed by atoms with Crippen LogP contribution in [0.2, 0.25) is 0 Å². The van der Waals surface area contributed by atoms with E-state index in [1.807, 2.05) is 18.2 Å². The van der Waals surface area contributed by atoms with E-state index in [-0.39, 0.29) is 37.9 Å². The van der Waals surface area contributed by atoms with Gasteiger partial charge in [0.2, 0.25) is 0 Å². The van der Waals surface area contributed by atoms with Crippen molar-refractivity contribution in [3.05, 3.63) is 42.0 Å². The molecule has 2 aromatic carbocycles. The lowest BCUT2D eigenvalue weighted by Gasteiger charge is -2.37. The lowest BCUT2D eigenvalue weighted by atomic mass is 10.1. The van der Waals surface area contributed by atoms with Crippen LogP contribution in [0.15, 0.2) is 36.4 Å². The summed E-state index contributed by atoms with van der Waals surface area (Å²) in [6.45, 7) is 8.30. The highest BCUT2D eigenvalue weighted by molar-refractivity contribution is 5.98. The number of carbonyl (C=O) groups excluding carboxylic acids is 1. The maximum atomic E-state index is 12.0. The summed E-state index contributed by atoms with van der Waals surface area (Å²) in [5.74, 6) is 0.493. The average molecular weight is 412 g/mol. The van der Waals surface area contributed by atoms with Gasteiger partial charge >= 0.3 is 0 Å². The summed E-state index contributed by atoms with van der Waals surface area (Å²) < 4.78 is 11.5. The number of anilines is 4. The molecule has 2 N–H and O–H groups in total. The van der Waals surface area contributed by atoms with Crippen LogP contribution in [-0.2, 0) is 9.53 Å². The molecule has 2 aromatic rings. The maximum absolute atomic E-state index is 12.0. The second-order valence-corrected chi connectivity index (χ2v) is 8.03. The van der Waals surface area contributed by atoms with Crippen molar-refractivity contribution in [2.75, 3.05) is 48.0 Å². The van der Waals surface area contributed by atoms with Crippen LogP contribution in [0.5, 0.6) is 5.75 Å². The minimum atomic E-state index is -0.143. The molecule has 0 saturated carbocycles. The van der Waals surface area contributed by atoms with Gasteiger partial charge in [-0.3, -0.25) is 4.79 Å². The molecular formula is C23H29N3O4. The Morgan fingerprint density at radius 1 is 1.07 bits per heavy atom. The Kier molecular flexibility index (Phi) is 5.83. The molecule has 2 atom stereocenters. The highest BCUT2D eigenvalue weighted by atomic mass is 16.5. The van der Waals surface area contributed by atoms with Crippen molar-refractivity contribution in [3.63, 3.8) is 0 Å². The van der Waals surface area contributed by atoms with Crippen LogP contribution in [0.1, 0.15) is 19.4 Å². The predicted octanol–water partition coefficient (Wildman–Crippen LogP) is 3.07. The van der Waals surface area contributed by atoms with E-state index < -0.39 is 0 Å². The molecule has 2 aliphatic rings. The molecule has 2 heterocycles. The molecular weight excluding hydrogens is 382 g/mol. The van der Waals surface area contributed by atoms with E-state index >= 15 is 0 Å². The van der Waals surface area contributed by atoms with Crippen molar-refractivity contribution in [2.24, 2.45) is 0 Å². The lowest BCUT2D eigenvalue weighted by molar-refractivity contribution is -0.121. The molecule has 160 valence electrons. The van der Waals surface area contributed by atoms with Crippen molar-refractivity contribution < 1.29 is 19.4 Å². The van der Waals surface area contributed by atoms with Gasteiger partial charge in [-0.2, -0.15) is 0 Å². The predicted molar refractivity (Wildman–Crippen MR) is 118 cm³/mol. The number of amides is 1. The highest BCUT2D eigenvalue weighted by Crippen LogP contribution is 2.36. The minimum absolute atomic E-state index is 0.0132. The lowest BCUT2D eigenvalue weighted by Crippen LogP contribution is -2.45. The zero-order valence-electron chi connectivity index (χ0n) is 17.7. The fraction of sp³-hybridized carbons (Fsp3) is 0.435. The summed E-state index contributed by atoms with van der Waals surface area (Å²) in [7, 11) is 0. The molecule has 2 aliphatic heterocycles. The van der Waals surface area contributed by atoms with Crippen LogP contribution in [0.4, 0.5) is 22.7 Å². The molecule has 0 aromatic heterocycles. The van der Waals surface area contributed by atoms with E-state index in [0.717, 1.165) is 24.5 Å². The molecule has 1 amide bonds. The number of aryl methyl sites for hydroxylation is 1. The maximum Gasteiger partial charge on any atom is 0.265 e. The second-order valence-electron chi connectivity index (χ2n) is 8.03. The van der Waals surface area contributed by atoms with Crippen LogP contribution in [0, 0.1) is 6.92 Å². The molecule has 0 radical (unpaired) electrons. The number of carbonyl (C=O) groups is 1. The first kappa shape index (κ1) is 20.5. The Morgan fingerprint density at radius 2 is 1.73 bits per heavy atom. The number of nitrogens with zero attached hydrogens (tertiary/aromatic N) is 2. The molecule has 1 saturated heterocycles. The fourth-order valence-corrected chi connectivity index (χ4v) is 4.26. The van der Waals surface area contributed by atoms with Crippen molar-refractivity contribution >= 4 is 28.7 Å². The zero-order valence-corrected chi connectivity index (χ0v) is 17.7. The van der Waals surface area contributed by atoms with E-state index in [0.29, 0.717) is 11.4 Å². The van der Waals surface area contributed by atoms with E-state index in [9.17, 15) is 9.90 Å². The largest absolute Gasteiger partial charge is 0.481 e. The third-order valence-electron chi connectivity index (χ3n) is 5.47. The third kappa shape index (κ3) is 4.22. The van der Waals surface area contributed by atoms with Gasteiger partial charge in [-0.15, -0.1) is 0 Å². The monoisotopic (exact) mass is 411 g/mol. The minimum Gasteiger partial charge on any atom is -0.481 e. The van der Waals surface area contributed by atoms with Gasteiger partial charge in [-0.1, -0.05) is 0 Å². The molecule has 0 aliphatic carbocycles. The number of fused-ring (bicyclic) bond motifs is 1. The number of hydrogen-bond donors (Lipinski definition) is 2. The molecule has 2 unspecified atom stereocenters. The number of ether oxygens (including phenoxy) is 2. The summed E-state index contributed by atoms with van der Waals surface area (Å²) in [5.41, 5.74) is 5.00. The number of hydrogen-bond acceptors (Lipinski definition) is 6. The topological polar surface area (TPSA) is 74.3 Å². The standard InChI is InChI=1S/C23H29N3O4/c1-15-10-18(4-6-20(15)25-12-16(2)30-17(3)13-25)24-19-5-7-21-22(11-19)29-14-23(28)26(21)8-9-27/h4-7,10-11,16-17,24,27H,8-9,12-14H2,1-3H3. The van der Waals surface area contributed by atoms with Gasteiger partial charge in [0, 0.05) is 42.8 Å². The van der Waals surface area contributed by atoms with E-state index in [1.165, 1.54) is 11.3 Å². The number of aliphatic hydroxyl groups is 1. The Balaban J connectivity index is 1.51. The van der Waals surface area contributed by atoms with Crippen LogP contribution in [-0.4, -0.2) is 56.1 Å². The molecule has 0 bridgehead atoms. The van der Waals surface area contributed by atoms with Crippen molar-refractivity contribution in [2.45, 2.75) is 33.0 Å². The van der Waals surface area contributed by atoms with Gasteiger partial charge < -0.3 is 29.7 Å². The third-order valence-corrected chi connectivity index (χ3v) is 5.47. The van der Waals surface area contributed by atoms with Gasteiger partial charge in [-0.25, -0.2) is 0 Å². The Morgan fingerprint density at radius 3 is 2.40 bits per heavy atom. The van der Waals surface area contributed by atoms with Crippen LogP contribution in [0.25, 0.3) is 0 Å². The molecule has 0 spiro atoms. The van der Waals surface area contributed by atoms with Crippen LogP contribution >= 0.6 is 0 Å². The summed E-state index contributed by atoms with van der Waals surface area (Å²) in [4.78, 5) is 16.0. The van der Waals surface area contributed by atoms with Gasteiger partial charge in [0.25, 0.3) is 5.91 Å². The number of β-amino-alcohol motifs (C(OH)–C–C–N with tert-alkyl or cyclic N) is 1. The quantitative estimate of drug-likeness (QED) is 0.788. The number of rotatable bonds is 5. The number of aliphatic hydroxyl groups excluding tert-OH is 1. The normalized spacial score (nSPS) is 21.3. The van der Waals surface area contributed by atoms with E-state index in [2.05, 4.69) is 49.2 Å². The first-order valence-corrected chi connectivity index (χ1v) is 10.4. The van der Waals surface area contributed by atoms with Crippen molar-refractivity contribution in [1.82, 2.24) is 0 Å². The summed E-state index contributed by atoms with van der Waals surface area (Å²) in [6.07, 6.45) is 0.442. The number of benzene rings is 2. The first-order valence-electron chi connectivity index (χ1n) is 10.4. The Hall–Kier alpha value is -2.77. The fourth-order valence-electron chi connectivity index (χ4n) is 4.26. The van der Waals surface area contributed by atoms with Crippen LogP contribution in [0.3, 0.4) is 0 Å². The molecule has 4 rings (SSSR count). The SMILES string of the molecule is Cc1cc(Nc2ccc3c(c2)OCC(=O)N3CCO)ccc1N1CC(C)OC(C)C1. The molecule has 30 heavy (non-hydrogen) atoms. The van der Waals surface area contributed by atoms with Gasteiger partial charge in [0.05, 0.1) is 24.5 Å². The summed E-state index contributed by atoms with van der Waals surface area (Å²) >= 11 is 0. The average Bonchev–Trinajstić information content (AvgIpc) is 2.69. The van der Waals surface area contributed by atoms with E-state index in [1.54, 1.807) is 4.90 Å². The Labute approximate surface area is 177 Å². The van der Waals surface area contributed by atoms with Crippen molar-refractivity contribution in [3.8, 4) is 5.75 Å². The van der Waals surface area contributed by atoms with Gasteiger partial charge in [-0.05, 0) is 56.7 Å². The van der Waals surface area contributed by atoms with Gasteiger partial charge in [0.1, 0.15) is 5.75 Å². The second kappa shape index (κ2) is 8.53. The van der Waals surface area contributed by atoms with Crippen LogP contribution < -0.4 is 19.9 Å². The van der Waals surface area contributed by atoms with Crippen molar-refractivity contribution in [1.29, 1.82) is 0 Å². The molecule has 7 nitrogen and oxygen atoms in total. The molecule has 7 heteroatoms. The first-order chi connectivity index (χ1) is 14.4.